The zero-order valence-corrected chi connectivity index (χ0v) is 17.3. The molecule has 2 rings (SSSR count). The molecule has 0 radical (unpaired) electrons. The molecule has 1 heterocycles. The van der Waals surface area contributed by atoms with E-state index in [1.807, 2.05) is 11.8 Å². The summed E-state index contributed by atoms with van der Waals surface area (Å²) in [6, 6.07) is 5.43. The van der Waals surface area contributed by atoms with Gasteiger partial charge in [-0.05, 0) is 25.1 Å². The van der Waals surface area contributed by atoms with Crippen LogP contribution in [0, 0.1) is 0 Å². The number of benzene rings is 1. The normalized spacial score (nSPS) is 17.9. The van der Waals surface area contributed by atoms with Crippen LogP contribution in [0.15, 0.2) is 66.5 Å². The molecule has 1 saturated heterocycles. The highest BCUT2D eigenvalue weighted by molar-refractivity contribution is 6.01. The van der Waals surface area contributed by atoms with E-state index in [-0.39, 0.29) is 18.1 Å². The molecule has 1 aliphatic heterocycles. The van der Waals surface area contributed by atoms with Crippen LogP contribution in [-0.4, -0.2) is 58.9 Å². The fourth-order valence-corrected chi connectivity index (χ4v) is 3.18. The summed E-state index contributed by atoms with van der Waals surface area (Å²) in [5.74, 6) is -2.59. The van der Waals surface area contributed by atoms with Gasteiger partial charge in [-0.3, -0.25) is 4.79 Å². The average Bonchev–Trinajstić information content (AvgIpc) is 2.73. The summed E-state index contributed by atoms with van der Waals surface area (Å²) in [6.07, 6.45) is 4.63. The molecule has 1 aromatic carbocycles. The lowest BCUT2D eigenvalue weighted by molar-refractivity contribution is -0.131. The van der Waals surface area contributed by atoms with E-state index in [1.165, 1.54) is 18.2 Å². The Bertz CT molecular complexity index is 829. The third-order valence-corrected chi connectivity index (χ3v) is 4.75. The van der Waals surface area contributed by atoms with Gasteiger partial charge in [-0.2, -0.15) is 0 Å². The van der Waals surface area contributed by atoms with Crippen molar-refractivity contribution in [2.24, 2.45) is 4.99 Å². The number of alkyl halides is 2. The summed E-state index contributed by atoms with van der Waals surface area (Å²) < 4.78 is 26.8. The molecule has 0 bridgehead atoms. The third-order valence-electron chi connectivity index (χ3n) is 4.75. The van der Waals surface area contributed by atoms with E-state index < -0.39 is 12.0 Å². The van der Waals surface area contributed by atoms with Gasteiger partial charge in [-0.1, -0.05) is 31.4 Å². The number of anilines is 1. The summed E-state index contributed by atoms with van der Waals surface area (Å²) >= 11 is 0. The molecule has 6 nitrogen and oxygen atoms in total. The zero-order chi connectivity index (χ0) is 22.3. The molecule has 1 amide bonds. The number of aliphatic imine (C=N–C) groups is 1. The first-order valence-corrected chi connectivity index (χ1v) is 9.63. The molecule has 1 unspecified atom stereocenters. The average molecular weight is 418 g/mol. The minimum Gasteiger partial charge on any atom is -0.394 e. The number of allylic oxidation sites excluding steroid dienone is 1. The van der Waals surface area contributed by atoms with Crippen molar-refractivity contribution < 1.29 is 18.7 Å². The number of nitrogens with zero attached hydrogens (tertiary/aromatic N) is 3. The van der Waals surface area contributed by atoms with E-state index in [0.717, 1.165) is 6.92 Å². The van der Waals surface area contributed by atoms with Crippen LogP contribution in [0.4, 0.5) is 14.5 Å². The van der Waals surface area contributed by atoms with Crippen molar-refractivity contribution in [1.82, 2.24) is 9.80 Å². The Balaban J connectivity index is 2.18. The van der Waals surface area contributed by atoms with Gasteiger partial charge in [0.15, 0.2) is 5.84 Å². The van der Waals surface area contributed by atoms with Crippen molar-refractivity contribution in [3.63, 3.8) is 0 Å². The van der Waals surface area contributed by atoms with Gasteiger partial charge in [0.1, 0.15) is 0 Å². The molecule has 30 heavy (non-hydrogen) atoms. The van der Waals surface area contributed by atoms with Crippen LogP contribution in [0.3, 0.4) is 0 Å². The highest BCUT2D eigenvalue weighted by Crippen LogP contribution is 2.28. The fourth-order valence-electron chi connectivity index (χ4n) is 3.18. The van der Waals surface area contributed by atoms with Crippen LogP contribution in [-0.2, 0) is 10.7 Å². The van der Waals surface area contributed by atoms with Crippen LogP contribution in [0.25, 0.3) is 0 Å². The van der Waals surface area contributed by atoms with Gasteiger partial charge < -0.3 is 20.2 Å². The summed E-state index contributed by atoms with van der Waals surface area (Å²) in [5.41, 5.74) is 1.000. The maximum atomic E-state index is 13.4. The van der Waals surface area contributed by atoms with Crippen molar-refractivity contribution in [1.29, 1.82) is 0 Å². The lowest BCUT2D eigenvalue weighted by atomic mass is 10.1. The molecule has 1 fully saturated rings. The summed E-state index contributed by atoms with van der Waals surface area (Å²) in [4.78, 5) is 20.0. The Morgan fingerprint density at radius 2 is 2.03 bits per heavy atom. The highest BCUT2D eigenvalue weighted by Gasteiger charge is 2.31. The lowest BCUT2D eigenvalue weighted by Crippen LogP contribution is -2.58. The Kier molecular flexibility index (Phi) is 7.88. The van der Waals surface area contributed by atoms with E-state index in [1.54, 1.807) is 29.3 Å². The first-order chi connectivity index (χ1) is 14.2. The van der Waals surface area contributed by atoms with Crippen LogP contribution < -0.4 is 5.32 Å². The Morgan fingerprint density at radius 3 is 2.57 bits per heavy atom. The van der Waals surface area contributed by atoms with Crippen LogP contribution in [0.5, 0.6) is 0 Å². The largest absolute Gasteiger partial charge is 0.394 e. The van der Waals surface area contributed by atoms with Crippen molar-refractivity contribution in [2.45, 2.75) is 25.8 Å². The monoisotopic (exact) mass is 418 g/mol. The fraction of sp³-hybridized carbons (Fsp3) is 0.364. The Labute approximate surface area is 175 Å². The molecule has 0 spiro atoms. The minimum absolute atomic E-state index is 0.0738. The standard InChI is InChI=1S/C22H28F2N4O2/c1-5-11-25-21(27-12-13-28(20(30)6-2)19(14-27)15-29)16(3)26-18-9-7-17(8-10-18)22(4,23)24/h5-11,19,26,29H,2-3,12-15H2,1,4H3/b11-5-,25-21+. The number of aliphatic hydroxyl groups is 1. The van der Waals surface area contributed by atoms with Crippen molar-refractivity contribution in [3.05, 3.63) is 67.0 Å². The highest BCUT2D eigenvalue weighted by atomic mass is 19.3. The number of aliphatic hydroxyl groups excluding tert-OH is 1. The van der Waals surface area contributed by atoms with E-state index in [4.69, 9.17) is 0 Å². The van der Waals surface area contributed by atoms with Gasteiger partial charge in [0, 0.05) is 44.0 Å². The number of amides is 1. The third kappa shape index (κ3) is 5.76. The van der Waals surface area contributed by atoms with E-state index in [2.05, 4.69) is 23.5 Å². The number of halogens is 2. The second-order valence-electron chi connectivity index (χ2n) is 7.02. The zero-order valence-electron chi connectivity index (χ0n) is 17.3. The maximum Gasteiger partial charge on any atom is 0.270 e. The van der Waals surface area contributed by atoms with Gasteiger partial charge in [0.05, 0.1) is 18.3 Å². The molecule has 2 N–H and O–H groups in total. The number of rotatable bonds is 7. The molecule has 0 saturated carbocycles. The molecular formula is C22H28F2N4O2. The van der Waals surface area contributed by atoms with Gasteiger partial charge in [-0.15, -0.1) is 0 Å². The van der Waals surface area contributed by atoms with Crippen molar-refractivity contribution >= 4 is 17.4 Å². The number of nitrogens with one attached hydrogen (secondary N) is 1. The summed E-state index contributed by atoms with van der Waals surface area (Å²) in [7, 11) is 0. The minimum atomic E-state index is -2.91. The van der Waals surface area contributed by atoms with Gasteiger partial charge in [0.2, 0.25) is 5.91 Å². The second-order valence-corrected chi connectivity index (χ2v) is 7.02. The van der Waals surface area contributed by atoms with Crippen molar-refractivity contribution in [3.8, 4) is 0 Å². The predicted molar refractivity (Wildman–Crippen MR) is 115 cm³/mol. The van der Waals surface area contributed by atoms with Crippen molar-refractivity contribution in [2.75, 3.05) is 31.6 Å². The second kappa shape index (κ2) is 10.2. The predicted octanol–water partition coefficient (Wildman–Crippen LogP) is 3.35. The smallest absolute Gasteiger partial charge is 0.270 e. The molecule has 1 aliphatic rings. The number of carbonyl (C=O) groups is 1. The molecule has 1 atom stereocenters. The van der Waals surface area contributed by atoms with E-state index in [9.17, 15) is 18.7 Å². The van der Waals surface area contributed by atoms with E-state index >= 15 is 0 Å². The van der Waals surface area contributed by atoms with Gasteiger partial charge >= 0.3 is 0 Å². The Morgan fingerprint density at radius 1 is 1.37 bits per heavy atom. The molecule has 0 aromatic heterocycles. The van der Waals surface area contributed by atoms with E-state index in [0.29, 0.717) is 36.9 Å². The first kappa shape index (κ1) is 23.3. The van der Waals surface area contributed by atoms with Crippen LogP contribution in [0.1, 0.15) is 19.4 Å². The summed E-state index contributed by atoms with van der Waals surface area (Å²) in [6.45, 7) is 11.3. The molecule has 8 heteroatoms. The topological polar surface area (TPSA) is 68.2 Å². The van der Waals surface area contributed by atoms with Crippen LogP contribution in [0.2, 0.25) is 0 Å². The van der Waals surface area contributed by atoms with Gasteiger partial charge in [-0.25, -0.2) is 13.8 Å². The molecule has 1 aromatic rings. The number of hydrogen-bond donors (Lipinski definition) is 2. The quantitative estimate of drug-likeness (QED) is 0.405. The number of amidine groups is 1. The number of carbonyl (C=O) groups excluding carboxylic acids is 1. The van der Waals surface area contributed by atoms with Crippen LogP contribution >= 0.6 is 0 Å². The number of hydrogen-bond acceptors (Lipinski definition) is 4. The van der Waals surface area contributed by atoms with Gasteiger partial charge in [0.25, 0.3) is 5.92 Å². The Hall–Kier alpha value is -3.00. The number of piperazine rings is 1. The lowest BCUT2D eigenvalue weighted by Gasteiger charge is -2.41. The summed E-state index contributed by atoms with van der Waals surface area (Å²) in [5, 5.41) is 12.8. The maximum absolute atomic E-state index is 13.4. The molecular weight excluding hydrogens is 390 g/mol. The molecule has 162 valence electrons. The molecule has 0 aliphatic carbocycles. The first-order valence-electron chi connectivity index (χ1n) is 9.63. The SMILES string of the molecule is C=CC(=O)N1CCN(/C(=N/C=C\C)C(=C)Nc2ccc(C(C)(F)F)cc2)CC1CO.